The third-order valence-corrected chi connectivity index (χ3v) is 3.44. The Hall–Kier alpha value is -0.780. The first-order valence-corrected chi connectivity index (χ1v) is 5.41. The van der Waals surface area contributed by atoms with E-state index in [1.807, 2.05) is 13.8 Å². The van der Waals surface area contributed by atoms with Crippen LogP contribution in [0.1, 0.15) is 26.7 Å². The van der Waals surface area contributed by atoms with E-state index in [-0.39, 0.29) is 25.4 Å². The van der Waals surface area contributed by atoms with E-state index < -0.39 is 23.7 Å². The quantitative estimate of drug-likeness (QED) is 0.788. The number of nitrogens with one attached hydrogen (secondary N) is 1. The second kappa shape index (κ2) is 3.35. The number of carbonyl (C=O) groups is 1. The summed E-state index contributed by atoms with van der Waals surface area (Å²) < 4.78 is 38.5. The number of hydrogen-bond donors (Lipinski definition) is 1. The number of carbonyl (C=O) groups excluding carboxylic acids is 1. The predicted octanol–water partition coefficient (Wildman–Crippen LogP) is 1.50. The van der Waals surface area contributed by atoms with Crippen LogP contribution in [-0.4, -0.2) is 35.2 Å². The highest BCUT2D eigenvalue weighted by Crippen LogP contribution is 2.54. The normalized spacial score (nSPS) is 29.0. The summed E-state index contributed by atoms with van der Waals surface area (Å²) in [5.74, 6) is -0.397. The van der Waals surface area contributed by atoms with Gasteiger partial charge in [0.15, 0.2) is 0 Å². The van der Waals surface area contributed by atoms with Crippen LogP contribution in [0.2, 0.25) is 0 Å². The molecular weight excluding hydrogens is 221 g/mol. The minimum atomic E-state index is -4.31. The Balaban J connectivity index is 2.17. The van der Waals surface area contributed by atoms with E-state index in [9.17, 15) is 18.0 Å². The summed E-state index contributed by atoms with van der Waals surface area (Å²) in [5.41, 5.74) is -1.87. The van der Waals surface area contributed by atoms with Gasteiger partial charge in [0.05, 0.1) is 12.7 Å². The summed E-state index contributed by atoms with van der Waals surface area (Å²) in [6.45, 7) is 3.67. The van der Waals surface area contributed by atoms with Gasteiger partial charge < -0.3 is 4.90 Å². The fraction of sp³-hybridized carbons (Fsp3) is 0.900. The maximum Gasteiger partial charge on any atom is 0.411 e. The van der Waals surface area contributed by atoms with Gasteiger partial charge in [-0.2, -0.15) is 13.2 Å². The van der Waals surface area contributed by atoms with E-state index in [1.165, 1.54) is 0 Å². The molecule has 0 aromatic heterocycles. The third kappa shape index (κ3) is 1.50. The Morgan fingerprint density at radius 3 is 2.31 bits per heavy atom. The monoisotopic (exact) mass is 236 g/mol. The second-order valence-electron chi connectivity index (χ2n) is 4.88. The zero-order chi connectivity index (χ0) is 12.1. The Labute approximate surface area is 92.0 Å². The molecule has 0 radical (unpaired) electrons. The molecule has 1 saturated heterocycles. The highest BCUT2D eigenvalue weighted by Gasteiger charge is 2.69. The van der Waals surface area contributed by atoms with Gasteiger partial charge in [0.25, 0.3) is 0 Å². The van der Waals surface area contributed by atoms with Crippen molar-refractivity contribution in [3.8, 4) is 0 Å². The van der Waals surface area contributed by atoms with Crippen LogP contribution in [0, 0.1) is 5.92 Å². The van der Waals surface area contributed by atoms with Crippen molar-refractivity contribution in [2.75, 3.05) is 6.67 Å². The molecular formula is C10H15F3N2O. The van der Waals surface area contributed by atoms with Gasteiger partial charge in [0.1, 0.15) is 5.54 Å². The fourth-order valence-electron chi connectivity index (χ4n) is 2.23. The van der Waals surface area contributed by atoms with Crippen molar-refractivity contribution in [3.63, 3.8) is 0 Å². The number of alkyl halides is 3. The topological polar surface area (TPSA) is 32.3 Å². The lowest BCUT2D eigenvalue weighted by molar-refractivity contribution is -0.197. The average molecular weight is 236 g/mol. The van der Waals surface area contributed by atoms with Crippen molar-refractivity contribution < 1.29 is 18.0 Å². The van der Waals surface area contributed by atoms with Gasteiger partial charge in [0.2, 0.25) is 5.91 Å². The van der Waals surface area contributed by atoms with Crippen LogP contribution in [0.3, 0.4) is 0 Å². The first-order chi connectivity index (χ1) is 7.29. The van der Waals surface area contributed by atoms with Gasteiger partial charge in [-0.3, -0.25) is 10.1 Å². The molecule has 1 heterocycles. The van der Waals surface area contributed by atoms with Crippen LogP contribution in [0.25, 0.3) is 0 Å². The summed E-state index contributed by atoms with van der Waals surface area (Å²) in [4.78, 5) is 12.8. The second-order valence-corrected chi connectivity index (χ2v) is 4.88. The lowest BCUT2D eigenvalue weighted by atomic mass is 10.0. The summed E-state index contributed by atoms with van der Waals surface area (Å²) in [7, 11) is 0. The SMILES string of the molecule is CC(C)C1NCN(C2(C(F)(F)F)CC2)C1=O. The van der Waals surface area contributed by atoms with E-state index in [0.717, 1.165) is 4.90 Å². The fourth-order valence-corrected chi connectivity index (χ4v) is 2.23. The van der Waals surface area contributed by atoms with E-state index in [1.54, 1.807) is 0 Å². The van der Waals surface area contributed by atoms with Crippen molar-refractivity contribution in [3.05, 3.63) is 0 Å². The highest BCUT2D eigenvalue weighted by molar-refractivity contribution is 5.85. The van der Waals surface area contributed by atoms with Crippen molar-refractivity contribution in [1.82, 2.24) is 10.2 Å². The Kier molecular flexibility index (Phi) is 2.45. The largest absolute Gasteiger partial charge is 0.411 e. The predicted molar refractivity (Wildman–Crippen MR) is 51.5 cm³/mol. The Morgan fingerprint density at radius 2 is 2.00 bits per heavy atom. The molecule has 1 unspecified atom stereocenters. The number of rotatable bonds is 2. The number of amides is 1. The summed E-state index contributed by atoms with van der Waals surface area (Å²) in [6.07, 6.45) is -4.24. The van der Waals surface area contributed by atoms with Crippen LogP contribution in [0.5, 0.6) is 0 Å². The summed E-state index contributed by atoms with van der Waals surface area (Å²) >= 11 is 0. The third-order valence-electron chi connectivity index (χ3n) is 3.44. The maximum absolute atomic E-state index is 12.8. The van der Waals surface area contributed by atoms with Gasteiger partial charge >= 0.3 is 6.18 Å². The minimum absolute atomic E-state index is 0.0151. The Bertz CT molecular complexity index is 310. The lowest BCUT2D eigenvalue weighted by Gasteiger charge is -2.29. The number of nitrogens with zero attached hydrogens (tertiary/aromatic N) is 1. The van der Waals surface area contributed by atoms with E-state index >= 15 is 0 Å². The maximum atomic E-state index is 12.8. The average Bonchev–Trinajstić information content (AvgIpc) is 2.85. The van der Waals surface area contributed by atoms with E-state index in [0.29, 0.717) is 0 Å². The van der Waals surface area contributed by atoms with Crippen molar-refractivity contribution in [2.45, 2.75) is 44.4 Å². The molecule has 16 heavy (non-hydrogen) atoms. The van der Waals surface area contributed by atoms with Crippen molar-refractivity contribution in [1.29, 1.82) is 0 Å². The molecule has 1 N–H and O–H groups in total. The lowest BCUT2D eigenvalue weighted by Crippen LogP contribution is -2.50. The minimum Gasteiger partial charge on any atom is -0.314 e. The molecule has 1 amide bonds. The summed E-state index contributed by atoms with van der Waals surface area (Å²) in [5, 5.41) is 2.85. The van der Waals surface area contributed by atoms with Gasteiger partial charge in [-0.25, -0.2) is 0 Å². The molecule has 92 valence electrons. The number of hydrogen-bond acceptors (Lipinski definition) is 2. The van der Waals surface area contributed by atoms with Gasteiger partial charge in [0, 0.05) is 0 Å². The molecule has 2 aliphatic rings. The van der Waals surface area contributed by atoms with Crippen LogP contribution in [0.4, 0.5) is 13.2 Å². The number of halogens is 3. The highest BCUT2D eigenvalue weighted by atomic mass is 19.4. The smallest absolute Gasteiger partial charge is 0.314 e. The van der Waals surface area contributed by atoms with Gasteiger partial charge in [-0.05, 0) is 18.8 Å². The molecule has 6 heteroatoms. The molecule has 0 aromatic rings. The van der Waals surface area contributed by atoms with Crippen molar-refractivity contribution in [2.24, 2.45) is 5.92 Å². The van der Waals surface area contributed by atoms with Crippen LogP contribution in [0.15, 0.2) is 0 Å². The first-order valence-electron chi connectivity index (χ1n) is 5.41. The van der Waals surface area contributed by atoms with Crippen LogP contribution < -0.4 is 5.32 Å². The molecule has 0 bridgehead atoms. The molecule has 2 fully saturated rings. The molecule has 2 rings (SSSR count). The van der Waals surface area contributed by atoms with Crippen LogP contribution in [-0.2, 0) is 4.79 Å². The summed E-state index contributed by atoms with van der Waals surface area (Å²) in [6, 6.07) is -0.472. The van der Waals surface area contributed by atoms with Gasteiger partial charge in [-0.15, -0.1) is 0 Å². The first kappa shape index (κ1) is 11.7. The van der Waals surface area contributed by atoms with E-state index in [4.69, 9.17) is 0 Å². The molecule has 1 aliphatic carbocycles. The molecule has 1 atom stereocenters. The molecule has 3 nitrogen and oxygen atoms in total. The van der Waals surface area contributed by atoms with Crippen molar-refractivity contribution >= 4 is 5.91 Å². The molecule has 0 aromatic carbocycles. The standard InChI is InChI=1S/C10H15F3N2O/c1-6(2)7-8(16)15(5-14-7)9(3-4-9)10(11,12)13/h6-7,14H,3-5H2,1-2H3. The van der Waals surface area contributed by atoms with Gasteiger partial charge in [-0.1, -0.05) is 13.8 Å². The molecule has 1 aliphatic heterocycles. The molecule has 0 spiro atoms. The van der Waals surface area contributed by atoms with Crippen LogP contribution >= 0.6 is 0 Å². The zero-order valence-electron chi connectivity index (χ0n) is 9.27. The Morgan fingerprint density at radius 1 is 1.44 bits per heavy atom. The molecule has 1 saturated carbocycles. The zero-order valence-corrected chi connectivity index (χ0v) is 9.27. The van der Waals surface area contributed by atoms with E-state index in [2.05, 4.69) is 5.32 Å².